The molecule has 1 aromatic carbocycles. The highest BCUT2D eigenvalue weighted by molar-refractivity contribution is 5.98. The van der Waals surface area contributed by atoms with Gasteiger partial charge in [0, 0.05) is 25.8 Å². The molecule has 0 aromatic heterocycles. The summed E-state index contributed by atoms with van der Waals surface area (Å²) in [6.07, 6.45) is -0.987. The summed E-state index contributed by atoms with van der Waals surface area (Å²) in [5.41, 5.74) is 6.63. The van der Waals surface area contributed by atoms with Crippen LogP contribution in [0.5, 0.6) is 0 Å². The van der Waals surface area contributed by atoms with E-state index in [1.807, 2.05) is 6.92 Å². The normalized spacial score (nSPS) is 17.3. The third-order valence-corrected chi connectivity index (χ3v) is 12.3. The van der Waals surface area contributed by atoms with E-state index >= 15 is 0 Å². The number of carbonyl (C=O) groups is 11. The van der Waals surface area contributed by atoms with Gasteiger partial charge in [-0.15, -0.1) is 0 Å². The van der Waals surface area contributed by atoms with Crippen molar-refractivity contribution >= 4 is 65.2 Å². The fraction of sp³-hybridized carbons (Fsp3) is 0.646. The van der Waals surface area contributed by atoms with Gasteiger partial charge in [0.2, 0.25) is 47.3 Å². The molecule has 1 fully saturated rings. The minimum atomic E-state index is -1.60. The van der Waals surface area contributed by atoms with Crippen LogP contribution in [0.1, 0.15) is 113 Å². The van der Waals surface area contributed by atoms with Crippen molar-refractivity contribution in [2.45, 2.75) is 168 Å². The van der Waals surface area contributed by atoms with Crippen molar-refractivity contribution < 1.29 is 68.1 Å². The second-order valence-corrected chi connectivity index (χ2v) is 19.1. The summed E-state index contributed by atoms with van der Waals surface area (Å²) in [7, 11) is 0. The van der Waals surface area contributed by atoms with Crippen LogP contribution in [0.3, 0.4) is 0 Å². The molecule has 2 rings (SSSR count). The minimum Gasteiger partial charge on any atom is -0.481 e. The summed E-state index contributed by atoms with van der Waals surface area (Å²) in [6.45, 7) is 14.8. The summed E-state index contributed by atoms with van der Waals surface area (Å²) in [4.78, 5) is 146. The first kappa shape index (κ1) is 60.5. The number of rotatable bonds is 29. The van der Waals surface area contributed by atoms with Gasteiger partial charge in [-0.3, -0.25) is 52.7 Å². The number of benzene rings is 1. The van der Waals surface area contributed by atoms with Gasteiger partial charge in [0.05, 0.1) is 6.04 Å². The molecule has 23 heteroatoms. The van der Waals surface area contributed by atoms with Crippen LogP contribution in [0, 0.1) is 23.7 Å². The number of hydrogen-bond acceptors (Lipinski definition) is 12. The maximum atomic E-state index is 14.2. The van der Waals surface area contributed by atoms with Gasteiger partial charge in [0.15, 0.2) is 0 Å². The number of carbonyl (C=O) groups excluding carboxylic acids is 8. The molecule has 0 bridgehead atoms. The third kappa shape index (κ3) is 19.2. The van der Waals surface area contributed by atoms with Crippen LogP contribution in [0.4, 0.5) is 0 Å². The summed E-state index contributed by atoms with van der Waals surface area (Å²) in [5, 5.41) is 46.1. The van der Waals surface area contributed by atoms with Crippen LogP contribution < -0.4 is 43.0 Å². The monoisotopic (exact) mass is 1000 g/mol. The molecule has 0 spiro atoms. The number of aliphatic carboxylic acids is 3. The smallest absolute Gasteiger partial charge is 0.325 e. The van der Waals surface area contributed by atoms with E-state index in [-0.39, 0.29) is 31.7 Å². The molecule has 0 aliphatic carbocycles. The Balaban J connectivity index is 2.40. The van der Waals surface area contributed by atoms with E-state index in [2.05, 4.69) is 37.2 Å². The van der Waals surface area contributed by atoms with Crippen LogP contribution in [-0.2, 0) is 59.2 Å². The molecule has 8 amide bonds. The first-order chi connectivity index (χ1) is 33.2. The Bertz CT molecular complexity index is 2050. The van der Waals surface area contributed by atoms with Gasteiger partial charge in [-0.1, -0.05) is 92.1 Å². The Labute approximate surface area is 414 Å². The summed E-state index contributed by atoms with van der Waals surface area (Å²) in [6, 6.07) is -3.16. The van der Waals surface area contributed by atoms with E-state index in [0.29, 0.717) is 18.4 Å². The van der Waals surface area contributed by atoms with E-state index in [0.717, 1.165) is 0 Å². The Hall–Kier alpha value is -6.65. The topological polar surface area (TPSA) is 362 Å². The zero-order valence-corrected chi connectivity index (χ0v) is 42.1. The molecule has 71 heavy (non-hydrogen) atoms. The molecule has 1 aliphatic heterocycles. The van der Waals surface area contributed by atoms with Gasteiger partial charge in [-0.2, -0.15) is 0 Å². The van der Waals surface area contributed by atoms with Crippen molar-refractivity contribution in [3.05, 3.63) is 35.9 Å². The van der Waals surface area contributed by atoms with Gasteiger partial charge >= 0.3 is 17.9 Å². The molecule has 0 saturated carbocycles. The van der Waals surface area contributed by atoms with Crippen molar-refractivity contribution in [2.75, 3.05) is 6.54 Å². The predicted molar refractivity (Wildman–Crippen MR) is 257 cm³/mol. The average Bonchev–Trinajstić information content (AvgIpc) is 3.80. The van der Waals surface area contributed by atoms with Gasteiger partial charge < -0.3 is 63.2 Å². The fourth-order valence-electron chi connectivity index (χ4n) is 7.63. The van der Waals surface area contributed by atoms with Gasteiger partial charge in [0.1, 0.15) is 48.3 Å². The van der Waals surface area contributed by atoms with Crippen molar-refractivity contribution in [2.24, 2.45) is 29.4 Å². The molecule has 12 N–H and O–H groups in total. The van der Waals surface area contributed by atoms with E-state index in [4.69, 9.17) is 5.73 Å². The fourth-order valence-corrected chi connectivity index (χ4v) is 7.63. The molecule has 10 atom stereocenters. The molecule has 1 aliphatic rings. The minimum absolute atomic E-state index is 0.135. The van der Waals surface area contributed by atoms with E-state index in [1.54, 1.807) is 78.8 Å². The molecule has 0 unspecified atom stereocenters. The number of likely N-dealkylation sites (tertiary alicyclic amines) is 1. The van der Waals surface area contributed by atoms with Crippen molar-refractivity contribution in [3.8, 4) is 0 Å². The number of nitrogens with one attached hydrogen (secondary N) is 7. The van der Waals surface area contributed by atoms with Crippen LogP contribution in [0.25, 0.3) is 0 Å². The van der Waals surface area contributed by atoms with E-state index < -0.39 is 157 Å². The molecule has 23 nitrogen and oxygen atoms in total. The van der Waals surface area contributed by atoms with Crippen LogP contribution in [-0.4, -0.2) is 146 Å². The Morgan fingerprint density at radius 1 is 0.592 bits per heavy atom. The Morgan fingerprint density at radius 2 is 1.04 bits per heavy atom. The van der Waals surface area contributed by atoms with Gasteiger partial charge in [-0.05, 0) is 61.8 Å². The van der Waals surface area contributed by atoms with Gasteiger partial charge in [-0.25, -0.2) is 0 Å². The number of carboxylic acid groups (broad SMARTS) is 3. The number of nitrogens with two attached hydrogens (primary N) is 1. The van der Waals surface area contributed by atoms with Crippen LogP contribution in [0.15, 0.2) is 30.3 Å². The molecule has 0 radical (unpaired) electrons. The maximum Gasteiger partial charge on any atom is 0.325 e. The van der Waals surface area contributed by atoms with E-state index in [1.165, 1.54) is 11.8 Å². The number of nitrogens with zero attached hydrogens (tertiary/aromatic N) is 1. The lowest BCUT2D eigenvalue weighted by molar-refractivity contribution is -0.144. The summed E-state index contributed by atoms with van der Waals surface area (Å²) >= 11 is 0. The summed E-state index contributed by atoms with van der Waals surface area (Å²) < 4.78 is 0. The highest BCUT2D eigenvalue weighted by atomic mass is 16.4. The van der Waals surface area contributed by atoms with Gasteiger partial charge in [0.25, 0.3) is 0 Å². The zero-order valence-electron chi connectivity index (χ0n) is 42.1. The second-order valence-electron chi connectivity index (χ2n) is 19.1. The highest BCUT2D eigenvalue weighted by Crippen LogP contribution is 2.22. The molecular formula is C48H75N9O14. The highest BCUT2D eigenvalue weighted by Gasteiger charge is 2.42. The number of amides is 8. The molecule has 1 heterocycles. The molecule has 396 valence electrons. The second kappa shape index (κ2) is 28.9. The molecule has 1 aromatic rings. The Kier molecular flexibility index (Phi) is 24.6. The van der Waals surface area contributed by atoms with E-state index in [9.17, 15) is 68.1 Å². The maximum absolute atomic E-state index is 14.2. The SMILES string of the molecule is CC[C@H](C)[C@H](N)C(=O)N[C@@H](CCC(=O)O)C(=O)N[C@@H](Cc1ccccc1)C(=O)N[C@@H](CCC(=O)O)C(=O)N[C@H](C(=O)N[C@H](C(=O)N1CCC[C@H]1C(=O)N[C@H](C(=O)N[C@@H](C)C(=O)O)C(C)C)C(C)C)C(C)C. The molecular weight excluding hydrogens is 927 g/mol. The van der Waals surface area contributed by atoms with Crippen molar-refractivity contribution in [3.63, 3.8) is 0 Å². The standard InChI is InChI=1S/C48H75N9O14/c1-10-27(8)36(49)44(66)52-30(18-20-34(58)59)40(62)53-32(23-29-15-12-11-13-16-29)42(64)51-31(19-21-35(60)61)41(63)54-38(25(4)5)46(68)56-39(26(6)7)47(69)57-22-14-17-33(57)43(65)55-37(24(2)3)45(67)50-28(9)48(70)71/h11-13,15-16,24-28,30-33,36-39H,10,14,17-23,49H2,1-9H3,(H,50,67)(H,51,64)(H,52,66)(H,53,62)(H,54,63)(H,55,65)(H,56,68)(H,58,59)(H,60,61)(H,70,71)/t27-,28-,30-,31-,32-,33-,36-,37-,38-,39-/m0/s1. The average molecular weight is 1000 g/mol. The predicted octanol–water partition coefficient (Wildman–Crippen LogP) is -0.211. The molecule has 1 saturated heterocycles. The number of hydrogen-bond donors (Lipinski definition) is 11. The Morgan fingerprint density at radius 3 is 1.54 bits per heavy atom. The van der Waals surface area contributed by atoms with Crippen molar-refractivity contribution in [1.29, 1.82) is 0 Å². The zero-order chi connectivity index (χ0) is 53.9. The first-order valence-corrected chi connectivity index (χ1v) is 24.1. The summed E-state index contributed by atoms with van der Waals surface area (Å²) in [5.74, 6) is -12.2. The van der Waals surface area contributed by atoms with Crippen LogP contribution >= 0.6 is 0 Å². The van der Waals surface area contributed by atoms with Crippen molar-refractivity contribution in [1.82, 2.24) is 42.1 Å². The number of carboxylic acids is 3. The third-order valence-electron chi connectivity index (χ3n) is 12.3. The lowest BCUT2D eigenvalue weighted by Crippen LogP contribution is -2.62. The lowest BCUT2D eigenvalue weighted by Gasteiger charge is -2.33. The quantitative estimate of drug-likeness (QED) is 0.0495. The largest absolute Gasteiger partial charge is 0.481 e. The van der Waals surface area contributed by atoms with Crippen LogP contribution in [0.2, 0.25) is 0 Å². The lowest BCUT2D eigenvalue weighted by atomic mass is 9.98. The first-order valence-electron chi connectivity index (χ1n) is 24.1.